The summed E-state index contributed by atoms with van der Waals surface area (Å²) in [4.78, 5) is 113. The van der Waals surface area contributed by atoms with Gasteiger partial charge in [-0.1, -0.05) is 48.5 Å². The molecule has 7 aromatic carbocycles. The van der Waals surface area contributed by atoms with Crippen LogP contribution in [0.15, 0.2) is 236 Å². The zero-order valence-electron chi connectivity index (χ0n) is 68.8. The Morgan fingerprint density at radius 2 is 0.685 bits per heavy atom. The summed E-state index contributed by atoms with van der Waals surface area (Å²) in [6.07, 6.45) is 34.2. The number of hydrogen-bond donors (Lipinski definition) is 1. The Hall–Kier alpha value is -13.3. The van der Waals surface area contributed by atoms with Gasteiger partial charge in [-0.05, 0) is 275 Å². The van der Waals surface area contributed by atoms with Gasteiger partial charge in [0.05, 0.1) is 51.8 Å². The van der Waals surface area contributed by atoms with E-state index in [0.717, 1.165) is 195 Å². The van der Waals surface area contributed by atoms with Crippen LogP contribution in [0.5, 0.6) is 0 Å². The molecular formula is C101H89FN14O6S2. The highest BCUT2D eigenvalue weighted by atomic mass is 32.2. The summed E-state index contributed by atoms with van der Waals surface area (Å²) in [5.41, 5.74) is 33.2. The average molecular weight is 1680 g/mol. The lowest BCUT2D eigenvalue weighted by Gasteiger charge is -2.25. The summed E-state index contributed by atoms with van der Waals surface area (Å²) in [5, 5.41) is 5.34. The zero-order valence-corrected chi connectivity index (χ0v) is 70.4. The number of carbonyl (C=O) groups is 6. The van der Waals surface area contributed by atoms with E-state index in [1.807, 2.05) is 115 Å². The highest BCUT2D eigenvalue weighted by molar-refractivity contribution is 8.00. The number of aromatic nitrogens is 6. The van der Waals surface area contributed by atoms with Crippen molar-refractivity contribution >= 4 is 104 Å². The number of pyridine rings is 6. The highest BCUT2D eigenvalue weighted by Gasteiger charge is 2.38. The average Bonchev–Trinajstić information content (AvgIpc) is 1.56. The van der Waals surface area contributed by atoms with Crippen LogP contribution in [0.4, 0.5) is 48.1 Å². The smallest absolute Gasteiger partial charge is 0.324 e. The minimum absolute atomic E-state index is 0.0385. The largest absolute Gasteiger partial charge is 0.337 e. The molecule has 0 atom stereocenters. The van der Waals surface area contributed by atoms with E-state index in [-0.39, 0.29) is 41.5 Å². The van der Waals surface area contributed by atoms with Gasteiger partial charge in [0.25, 0.3) is 0 Å². The number of anilines is 6. The molecule has 124 heavy (non-hydrogen) atoms. The summed E-state index contributed by atoms with van der Waals surface area (Å²) in [6, 6.07) is 52.5. The summed E-state index contributed by atoms with van der Waals surface area (Å²) in [6.45, 7) is 6.32. The number of halogens is 1. The van der Waals surface area contributed by atoms with Crippen molar-refractivity contribution in [3.8, 4) is 66.8 Å². The van der Waals surface area contributed by atoms with E-state index in [4.69, 9.17) is 0 Å². The van der Waals surface area contributed by atoms with Crippen LogP contribution in [0.3, 0.4) is 0 Å². The second-order valence-electron chi connectivity index (χ2n) is 33.0. The molecule has 8 amide bonds. The second-order valence-corrected chi connectivity index (χ2v) is 35.0. The normalized spacial score (nSPS) is 16.6. The van der Waals surface area contributed by atoms with Crippen molar-refractivity contribution in [2.75, 3.05) is 100 Å². The summed E-state index contributed by atoms with van der Waals surface area (Å²) in [7, 11) is 1.88. The molecule has 13 aromatic rings. The van der Waals surface area contributed by atoms with Crippen LogP contribution in [0.25, 0.3) is 77.5 Å². The van der Waals surface area contributed by atoms with Crippen LogP contribution in [-0.2, 0) is 83.4 Å². The monoisotopic (exact) mass is 1680 g/mol. The Balaban J connectivity index is 0.0000000943. The van der Waals surface area contributed by atoms with Gasteiger partial charge in [0, 0.05) is 189 Å². The molecule has 18 heterocycles. The van der Waals surface area contributed by atoms with Crippen molar-refractivity contribution < 1.29 is 33.2 Å². The zero-order chi connectivity index (χ0) is 84.1. The third-order valence-electron chi connectivity index (χ3n) is 25.4. The fourth-order valence-electron chi connectivity index (χ4n) is 19.5. The Morgan fingerprint density at radius 1 is 0.315 bits per heavy atom. The van der Waals surface area contributed by atoms with E-state index in [0.29, 0.717) is 30.9 Å². The molecule has 618 valence electrons. The Bertz CT molecular complexity index is 6150. The molecule has 0 radical (unpaired) electrons. The fraction of sp³-hybridized carbons (Fsp3) is 0.248. The lowest BCUT2D eigenvalue weighted by atomic mass is 9.97. The molecule has 0 aliphatic carbocycles. The minimum atomic E-state index is -0.332. The first kappa shape index (κ1) is 79.2. The van der Waals surface area contributed by atoms with Crippen molar-refractivity contribution in [3.63, 3.8) is 0 Å². The number of likely N-dealkylation sites (N-methyl/N-ethyl adjacent to an activating group) is 1. The molecule has 0 saturated heterocycles. The lowest BCUT2D eigenvalue weighted by Crippen LogP contribution is -2.39. The molecule has 6 aromatic heterocycles. The van der Waals surface area contributed by atoms with Gasteiger partial charge < -0.3 is 29.8 Å². The first-order valence-corrected chi connectivity index (χ1v) is 44.8. The van der Waals surface area contributed by atoms with Gasteiger partial charge in [-0.3, -0.25) is 58.9 Å². The van der Waals surface area contributed by atoms with Gasteiger partial charge in [0.1, 0.15) is 5.82 Å². The van der Waals surface area contributed by atoms with Crippen LogP contribution in [0.1, 0.15) is 81.3 Å². The summed E-state index contributed by atoms with van der Waals surface area (Å²) in [5.74, 6) is 1.69. The Morgan fingerprint density at radius 3 is 1.15 bits per heavy atom. The molecule has 1 N–H and O–H groups in total. The van der Waals surface area contributed by atoms with E-state index in [1.165, 1.54) is 117 Å². The Labute approximate surface area is 727 Å². The maximum Gasteiger partial charge on any atom is 0.324 e. The predicted molar refractivity (Wildman–Crippen MR) is 488 cm³/mol. The van der Waals surface area contributed by atoms with Crippen molar-refractivity contribution in [1.82, 2.24) is 40.1 Å². The third-order valence-corrected chi connectivity index (χ3v) is 27.4. The minimum Gasteiger partial charge on any atom is -0.337 e. The number of nitrogens with one attached hydrogen (secondary N) is 1. The number of urea groups is 2. The molecule has 12 aliphatic rings. The van der Waals surface area contributed by atoms with E-state index >= 15 is 0 Å². The SMILES string of the molecule is CN1CCc2cc(-c3cccnc3)cc3c2N(CC3)C1=O.O=C1CCCc2cc(-c3cccnc3)cc3c2N1CC3.O=C1CCCc2cc(-c3cccnc3)cc3c2N1CC3.O=C1CSc2cc(-c3cncc(F)c3)cc3c2N1CC3.O=C1CSc2cc(-c3cncc4ccccc34)cc3c2N1CC3.O=C1NCCc2cc(-c3cccnc3)cc3c2N1CC3. The number of thioether (sulfide) groups is 2. The predicted octanol–water partition coefficient (Wildman–Crippen LogP) is 17.8. The first-order chi connectivity index (χ1) is 60.7. The molecule has 0 fully saturated rings. The van der Waals surface area contributed by atoms with Crippen molar-refractivity contribution in [2.45, 2.75) is 99.7 Å². The molecule has 25 rings (SSSR count). The fourth-order valence-corrected chi connectivity index (χ4v) is 21.6. The maximum atomic E-state index is 13.3. The highest BCUT2D eigenvalue weighted by Crippen LogP contribution is 2.49. The molecule has 0 bridgehead atoms. The molecule has 0 spiro atoms. The number of hydrogen-bond acceptors (Lipinski definition) is 14. The topological polar surface area (TPSA) is 214 Å². The quantitative estimate of drug-likeness (QED) is 0.164. The van der Waals surface area contributed by atoms with E-state index in [2.05, 4.69) is 144 Å². The second kappa shape index (κ2) is 34.2. The van der Waals surface area contributed by atoms with Gasteiger partial charge in [-0.15, -0.1) is 23.5 Å². The van der Waals surface area contributed by atoms with Crippen molar-refractivity contribution in [2.24, 2.45) is 0 Å². The van der Waals surface area contributed by atoms with E-state index in [1.54, 1.807) is 54.5 Å². The summed E-state index contributed by atoms with van der Waals surface area (Å²) < 4.78 is 13.3. The number of fused-ring (bicyclic) bond motifs is 1. The number of carbonyl (C=O) groups excluding carboxylic acids is 6. The van der Waals surface area contributed by atoms with Crippen LogP contribution < -0.4 is 34.7 Å². The Kier molecular flexibility index (Phi) is 21.9. The number of nitrogens with zero attached hydrogens (tertiary/aromatic N) is 13. The molecule has 20 nitrogen and oxygen atoms in total. The number of aryl methyl sites for hydroxylation is 2. The maximum absolute atomic E-state index is 13.3. The third kappa shape index (κ3) is 15.6. The van der Waals surface area contributed by atoms with Crippen LogP contribution in [0.2, 0.25) is 0 Å². The van der Waals surface area contributed by atoms with Crippen molar-refractivity contribution in [1.29, 1.82) is 0 Å². The van der Waals surface area contributed by atoms with Gasteiger partial charge in [0.2, 0.25) is 23.6 Å². The van der Waals surface area contributed by atoms with Crippen LogP contribution in [0, 0.1) is 5.82 Å². The molecule has 12 aliphatic heterocycles. The van der Waals surface area contributed by atoms with Gasteiger partial charge in [-0.2, -0.15) is 0 Å². The van der Waals surface area contributed by atoms with Crippen molar-refractivity contribution in [3.05, 3.63) is 287 Å². The first-order valence-electron chi connectivity index (χ1n) is 42.8. The molecule has 0 saturated carbocycles. The molecular weight excluding hydrogens is 1590 g/mol. The number of benzene rings is 7. The van der Waals surface area contributed by atoms with E-state index < -0.39 is 0 Å². The van der Waals surface area contributed by atoms with E-state index in [9.17, 15) is 33.2 Å². The molecule has 0 unspecified atom stereocenters. The van der Waals surface area contributed by atoms with Gasteiger partial charge in [0.15, 0.2) is 0 Å². The lowest BCUT2D eigenvalue weighted by molar-refractivity contribution is -0.119. The van der Waals surface area contributed by atoms with Crippen LogP contribution in [-0.4, -0.2) is 141 Å². The number of amides is 8. The van der Waals surface area contributed by atoms with Gasteiger partial charge >= 0.3 is 12.1 Å². The standard InChI is InChI=1S/C19H14N2OS.C17H17N3O.2C17H16N2O.C16H15N3O.C15H11FN2OS/c22-18-11-23-17-8-14(7-12-5-6-21(18)19(12)17)16-10-20-9-13-3-1-2-4-15(13)16;1-19-7-4-12-9-15(14-3-2-6-18-11-14)10-13-5-8-20(16(12)13)17(19)21;2*20-16-5-1-3-12-9-15(14-4-2-7-18-11-14)10-13-6-8-19(16)17(12)13;20-16-18-6-3-11-8-14(13-2-1-5-17-10-13)9-12-4-7-19(16)15(11)12;16-12-4-11(6-17-7-12)10-3-9-1-2-18-14(19)8-20-13(5-10)15(9)18/h1-4,7-10H,5-6,11H2;2-3,6,9-11H,4-5,7-8H2,1H3;2*2,4,7,9-11H,1,3,5-6,8H2;1-2,5,8-10H,3-4,6-7H2,(H,18,20);3-7H,1-2,8H2. The summed E-state index contributed by atoms with van der Waals surface area (Å²) >= 11 is 3.22. The number of rotatable bonds is 6. The van der Waals surface area contributed by atoms with Gasteiger partial charge in [-0.25, -0.2) is 14.0 Å². The van der Waals surface area contributed by atoms with Crippen LogP contribution >= 0.6 is 23.5 Å². The molecule has 23 heteroatoms.